The molecule has 0 aromatic carbocycles. The molecule has 0 radical (unpaired) electrons. The number of allylic oxidation sites excluding steroid dienone is 5. The van der Waals surface area contributed by atoms with E-state index in [9.17, 15) is 20.1 Å². The SMILES string of the molecule is CCCCC/C=C/CC/C=C/C(O)C(CO)NC(=O)CC(O)CCCCCCCC/C=C\CCCCCCCCCCCCCC. The summed E-state index contributed by atoms with van der Waals surface area (Å²) >= 11 is 0. The number of hydrogen-bond acceptors (Lipinski definition) is 4. The molecular weight excluding hydrogens is 570 g/mol. The van der Waals surface area contributed by atoms with Crippen LogP contribution in [0, 0.1) is 0 Å². The summed E-state index contributed by atoms with van der Waals surface area (Å²) in [5.74, 6) is -0.333. The maximum Gasteiger partial charge on any atom is 0.222 e. The van der Waals surface area contributed by atoms with Crippen molar-refractivity contribution in [3.63, 3.8) is 0 Å². The molecule has 1 amide bonds. The van der Waals surface area contributed by atoms with E-state index in [4.69, 9.17) is 0 Å². The van der Waals surface area contributed by atoms with Crippen LogP contribution in [0.2, 0.25) is 0 Å². The van der Waals surface area contributed by atoms with E-state index in [1.807, 2.05) is 6.08 Å². The number of carbonyl (C=O) groups excluding carboxylic acids is 1. The lowest BCUT2D eigenvalue weighted by molar-refractivity contribution is -0.124. The first-order valence-electron chi connectivity index (χ1n) is 19.8. The molecule has 0 bridgehead atoms. The Kier molecular flexibility index (Phi) is 35.3. The maximum atomic E-state index is 12.3. The minimum Gasteiger partial charge on any atom is -0.394 e. The van der Waals surface area contributed by atoms with Gasteiger partial charge in [0.1, 0.15) is 0 Å². The predicted molar refractivity (Wildman–Crippen MR) is 199 cm³/mol. The Morgan fingerprint density at radius 3 is 1.43 bits per heavy atom. The molecule has 5 heteroatoms. The maximum absolute atomic E-state index is 12.3. The van der Waals surface area contributed by atoms with E-state index in [1.165, 1.54) is 135 Å². The number of nitrogens with one attached hydrogen (secondary N) is 1. The highest BCUT2D eigenvalue weighted by Gasteiger charge is 2.20. The van der Waals surface area contributed by atoms with Crippen molar-refractivity contribution in [1.29, 1.82) is 0 Å². The lowest BCUT2D eigenvalue weighted by atomic mass is 10.0. The van der Waals surface area contributed by atoms with Gasteiger partial charge in [-0.2, -0.15) is 0 Å². The summed E-state index contributed by atoms with van der Waals surface area (Å²) in [6, 6.07) is -0.759. The van der Waals surface area contributed by atoms with Crippen LogP contribution < -0.4 is 5.32 Å². The van der Waals surface area contributed by atoms with Crippen LogP contribution in [0.1, 0.15) is 194 Å². The van der Waals surface area contributed by atoms with E-state index in [0.717, 1.165) is 32.1 Å². The largest absolute Gasteiger partial charge is 0.394 e. The van der Waals surface area contributed by atoms with Crippen LogP contribution in [-0.2, 0) is 4.79 Å². The molecule has 270 valence electrons. The highest BCUT2D eigenvalue weighted by molar-refractivity contribution is 5.76. The molecule has 0 aliphatic heterocycles. The van der Waals surface area contributed by atoms with Gasteiger partial charge in [-0.3, -0.25) is 4.79 Å². The van der Waals surface area contributed by atoms with Gasteiger partial charge < -0.3 is 20.6 Å². The van der Waals surface area contributed by atoms with E-state index >= 15 is 0 Å². The summed E-state index contributed by atoms with van der Waals surface area (Å²) in [4.78, 5) is 12.3. The van der Waals surface area contributed by atoms with Crippen LogP contribution in [0.4, 0.5) is 0 Å². The number of rotatable bonds is 35. The Bertz CT molecular complexity index is 719. The summed E-state index contributed by atoms with van der Waals surface area (Å²) in [6.07, 6.45) is 44.3. The van der Waals surface area contributed by atoms with Crippen LogP contribution in [0.15, 0.2) is 36.5 Å². The van der Waals surface area contributed by atoms with Gasteiger partial charge in [-0.05, 0) is 57.8 Å². The first-order chi connectivity index (χ1) is 22.5. The Labute approximate surface area is 285 Å². The fourth-order valence-corrected chi connectivity index (χ4v) is 5.82. The summed E-state index contributed by atoms with van der Waals surface area (Å²) < 4.78 is 0. The van der Waals surface area contributed by atoms with Gasteiger partial charge in [0.15, 0.2) is 0 Å². The second-order valence-corrected chi connectivity index (χ2v) is 13.5. The van der Waals surface area contributed by atoms with Crippen molar-refractivity contribution < 1.29 is 20.1 Å². The summed E-state index contributed by atoms with van der Waals surface area (Å²) in [5.41, 5.74) is 0. The third-order valence-electron chi connectivity index (χ3n) is 8.90. The van der Waals surface area contributed by atoms with Gasteiger partial charge in [0.25, 0.3) is 0 Å². The molecule has 0 fully saturated rings. The zero-order valence-electron chi connectivity index (χ0n) is 30.5. The Hall–Kier alpha value is -1.43. The zero-order valence-corrected chi connectivity index (χ0v) is 30.5. The second-order valence-electron chi connectivity index (χ2n) is 13.5. The zero-order chi connectivity index (χ0) is 33.8. The van der Waals surface area contributed by atoms with E-state index in [0.29, 0.717) is 6.42 Å². The molecule has 0 saturated heterocycles. The molecule has 0 rings (SSSR count). The van der Waals surface area contributed by atoms with Gasteiger partial charge in [-0.15, -0.1) is 0 Å². The Morgan fingerprint density at radius 1 is 0.543 bits per heavy atom. The Morgan fingerprint density at radius 2 is 0.935 bits per heavy atom. The van der Waals surface area contributed by atoms with Crippen LogP contribution in [0.5, 0.6) is 0 Å². The molecule has 0 aliphatic rings. The molecule has 0 aromatic heterocycles. The highest BCUT2D eigenvalue weighted by atomic mass is 16.3. The third-order valence-corrected chi connectivity index (χ3v) is 8.90. The lowest BCUT2D eigenvalue weighted by Gasteiger charge is -2.21. The van der Waals surface area contributed by atoms with Crippen molar-refractivity contribution in [2.24, 2.45) is 0 Å². The van der Waals surface area contributed by atoms with E-state index in [-0.39, 0.29) is 18.9 Å². The van der Waals surface area contributed by atoms with Gasteiger partial charge in [0.2, 0.25) is 5.91 Å². The average molecular weight is 648 g/mol. The van der Waals surface area contributed by atoms with Gasteiger partial charge in [0, 0.05) is 0 Å². The number of carbonyl (C=O) groups is 1. The summed E-state index contributed by atoms with van der Waals surface area (Å²) in [6.45, 7) is 4.14. The number of aliphatic hydroxyl groups excluding tert-OH is 3. The van der Waals surface area contributed by atoms with Gasteiger partial charge in [-0.25, -0.2) is 0 Å². The molecule has 3 unspecified atom stereocenters. The lowest BCUT2D eigenvalue weighted by Crippen LogP contribution is -2.45. The minimum atomic E-state index is -0.950. The van der Waals surface area contributed by atoms with E-state index in [2.05, 4.69) is 43.5 Å². The number of aliphatic hydroxyl groups is 3. The molecule has 0 aliphatic carbocycles. The van der Waals surface area contributed by atoms with E-state index in [1.54, 1.807) is 6.08 Å². The standard InChI is InChI=1S/C41H77NO4/c1-3-5-7-9-11-13-14-15-16-17-18-19-20-21-22-23-24-25-27-28-30-32-34-38(44)36-41(46)42-39(37-43)40(45)35-33-31-29-26-12-10-8-6-4-2/h12,21-22,26,33,35,38-40,43-45H,3-11,13-20,23-25,27-32,34,36-37H2,1-2H3,(H,42,46)/b22-21-,26-12+,35-33+. The van der Waals surface area contributed by atoms with Crippen LogP contribution >= 0.6 is 0 Å². The van der Waals surface area contributed by atoms with Gasteiger partial charge in [0.05, 0.1) is 31.3 Å². The minimum absolute atomic E-state index is 0.00134. The fraction of sp³-hybridized carbons (Fsp3) is 0.829. The number of unbranched alkanes of at least 4 members (excludes halogenated alkanes) is 22. The van der Waals surface area contributed by atoms with Crippen molar-refractivity contribution in [2.75, 3.05) is 6.61 Å². The number of amides is 1. The normalized spacial score (nSPS) is 14.1. The van der Waals surface area contributed by atoms with Crippen LogP contribution in [0.25, 0.3) is 0 Å². The van der Waals surface area contributed by atoms with Crippen LogP contribution in [0.3, 0.4) is 0 Å². The second kappa shape index (κ2) is 36.4. The summed E-state index contributed by atoms with van der Waals surface area (Å²) in [5, 5.41) is 32.9. The van der Waals surface area contributed by atoms with Gasteiger partial charge >= 0.3 is 0 Å². The monoisotopic (exact) mass is 648 g/mol. The smallest absolute Gasteiger partial charge is 0.222 e. The van der Waals surface area contributed by atoms with Crippen molar-refractivity contribution in [1.82, 2.24) is 5.32 Å². The first-order valence-corrected chi connectivity index (χ1v) is 19.8. The third kappa shape index (κ3) is 32.5. The first kappa shape index (κ1) is 44.6. The fourth-order valence-electron chi connectivity index (χ4n) is 5.82. The molecule has 0 aromatic rings. The quantitative estimate of drug-likeness (QED) is 0.0407. The summed E-state index contributed by atoms with van der Waals surface area (Å²) in [7, 11) is 0. The molecule has 46 heavy (non-hydrogen) atoms. The predicted octanol–water partition coefficient (Wildman–Crippen LogP) is 10.8. The van der Waals surface area contributed by atoms with Crippen molar-refractivity contribution in [3.8, 4) is 0 Å². The molecule has 4 N–H and O–H groups in total. The molecule has 0 heterocycles. The van der Waals surface area contributed by atoms with E-state index < -0.39 is 18.2 Å². The topological polar surface area (TPSA) is 89.8 Å². The highest BCUT2D eigenvalue weighted by Crippen LogP contribution is 2.14. The molecular formula is C41H77NO4. The molecule has 5 nitrogen and oxygen atoms in total. The molecule has 0 spiro atoms. The van der Waals surface area contributed by atoms with Crippen molar-refractivity contribution in [2.45, 2.75) is 212 Å². The molecule has 0 saturated carbocycles. The van der Waals surface area contributed by atoms with Crippen molar-refractivity contribution >= 4 is 5.91 Å². The van der Waals surface area contributed by atoms with Crippen LogP contribution in [-0.4, -0.2) is 46.1 Å². The van der Waals surface area contributed by atoms with Gasteiger partial charge in [-0.1, -0.05) is 166 Å². The van der Waals surface area contributed by atoms with Crippen molar-refractivity contribution in [3.05, 3.63) is 36.5 Å². The average Bonchev–Trinajstić information content (AvgIpc) is 3.05. The number of hydrogen-bond donors (Lipinski definition) is 4. The Balaban J connectivity index is 3.65. The molecule has 3 atom stereocenters.